The molecule has 0 aromatic heterocycles. The maximum absolute atomic E-state index is 10.4. The molecule has 16 heavy (non-hydrogen) atoms. The first kappa shape index (κ1) is 11.6. The van der Waals surface area contributed by atoms with Crippen molar-refractivity contribution in [3.05, 3.63) is 35.9 Å². The number of benzene rings is 1. The van der Waals surface area contributed by atoms with Gasteiger partial charge in [-0.2, -0.15) is 0 Å². The Hall–Kier alpha value is -0.860. The fraction of sp³-hybridized carbons (Fsp3) is 0.571. The van der Waals surface area contributed by atoms with E-state index in [9.17, 15) is 5.11 Å². The third-order valence-electron chi connectivity index (χ3n) is 3.50. The molecule has 0 bridgehead atoms. The topological polar surface area (TPSA) is 32.3 Å². The minimum Gasteiger partial charge on any atom is -0.389 e. The van der Waals surface area contributed by atoms with Crippen LogP contribution in [0.5, 0.6) is 0 Å². The lowest BCUT2D eigenvalue weighted by molar-refractivity contribution is 0.00357. The van der Waals surface area contributed by atoms with Crippen molar-refractivity contribution >= 4 is 0 Å². The highest BCUT2D eigenvalue weighted by molar-refractivity contribution is 5.19. The number of hydrogen-bond donors (Lipinski definition) is 2. The summed E-state index contributed by atoms with van der Waals surface area (Å²) in [5.74, 6) is 0.422. The molecule has 0 radical (unpaired) electrons. The second-order valence-corrected chi connectivity index (χ2v) is 5.02. The van der Waals surface area contributed by atoms with Crippen LogP contribution in [0.2, 0.25) is 0 Å². The molecule has 2 heteroatoms. The van der Waals surface area contributed by atoms with E-state index in [-0.39, 0.29) is 0 Å². The van der Waals surface area contributed by atoms with Gasteiger partial charge in [-0.05, 0) is 37.3 Å². The van der Waals surface area contributed by atoms with Crippen molar-refractivity contribution in [1.82, 2.24) is 5.32 Å². The molecule has 2 N–H and O–H groups in total. The highest BCUT2D eigenvalue weighted by Crippen LogP contribution is 2.29. The number of hydrogen-bond acceptors (Lipinski definition) is 2. The van der Waals surface area contributed by atoms with Crippen LogP contribution in [0.4, 0.5) is 0 Å². The maximum atomic E-state index is 10.4. The van der Waals surface area contributed by atoms with Crippen LogP contribution in [0.15, 0.2) is 30.3 Å². The summed E-state index contributed by atoms with van der Waals surface area (Å²) in [7, 11) is 0. The molecule has 2 atom stereocenters. The molecule has 0 spiro atoms. The Morgan fingerprint density at radius 1 is 1.38 bits per heavy atom. The molecule has 1 aliphatic heterocycles. The predicted octanol–water partition coefficient (Wildman–Crippen LogP) is 2.29. The van der Waals surface area contributed by atoms with Gasteiger partial charge in [-0.25, -0.2) is 0 Å². The van der Waals surface area contributed by atoms with E-state index >= 15 is 0 Å². The van der Waals surface area contributed by atoms with Crippen molar-refractivity contribution in [2.24, 2.45) is 0 Å². The Labute approximate surface area is 97.7 Å². The Kier molecular flexibility index (Phi) is 3.62. The molecule has 2 rings (SSSR count). The zero-order valence-corrected chi connectivity index (χ0v) is 9.95. The monoisotopic (exact) mass is 219 g/mol. The van der Waals surface area contributed by atoms with E-state index in [2.05, 4.69) is 36.5 Å². The van der Waals surface area contributed by atoms with Crippen molar-refractivity contribution in [2.45, 2.75) is 37.7 Å². The van der Waals surface area contributed by atoms with E-state index < -0.39 is 5.60 Å². The lowest BCUT2D eigenvalue weighted by atomic mass is 9.83. The first-order valence-electron chi connectivity index (χ1n) is 6.18. The minimum absolute atomic E-state index is 0.422. The van der Waals surface area contributed by atoms with Crippen LogP contribution in [-0.4, -0.2) is 23.8 Å². The number of aliphatic hydroxyl groups is 1. The van der Waals surface area contributed by atoms with E-state index in [0.717, 1.165) is 32.4 Å². The molecular formula is C14H21NO. The Balaban J connectivity index is 1.98. The van der Waals surface area contributed by atoms with Gasteiger partial charge in [0.2, 0.25) is 0 Å². The molecule has 1 aromatic rings. The van der Waals surface area contributed by atoms with Gasteiger partial charge < -0.3 is 10.4 Å². The molecule has 0 saturated carbocycles. The Morgan fingerprint density at radius 3 is 2.75 bits per heavy atom. The first-order valence-corrected chi connectivity index (χ1v) is 6.18. The third-order valence-corrected chi connectivity index (χ3v) is 3.50. The fourth-order valence-electron chi connectivity index (χ4n) is 2.60. The summed E-state index contributed by atoms with van der Waals surface area (Å²) in [6, 6.07) is 10.5. The standard InChI is InChI=1S/C14H21NO/c1-12(13-6-3-2-4-7-13)10-14(16)8-5-9-15-11-14/h2-4,6-7,12,15-16H,5,8-11H2,1H3. The second-order valence-electron chi connectivity index (χ2n) is 5.02. The summed E-state index contributed by atoms with van der Waals surface area (Å²) < 4.78 is 0. The average Bonchev–Trinajstić information content (AvgIpc) is 2.30. The van der Waals surface area contributed by atoms with Crippen LogP contribution in [0.1, 0.15) is 37.7 Å². The summed E-state index contributed by atoms with van der Waals surface area (Å²) in [5.41, 5.74) is 0.814. The van der Waals surface area contributed by atoms with Crippen LogP contribution >= 0.6 is 0 Å². The molecule has 88 valence electrons. The van der Waals surface area contributed by atoms with Crippen molar-refractivity contribution < 1.29 is 5.11 Å². The van der Waals surface area contributed by atoms with Crippen LogP contribution in [-0.2, 0) is 0 Å². The number of β-amino-alcohol motifs (C(OH)–C–C–N with tert-alkyl or cyclic N) is 1. The molecule has 1 aromatic carbocycles. The van der Waals surface area contributed by atoms with Gasteiger partial charge in [-0.15, -0.1) is 0 Å². The lowest BCUT2D eigenvalue weighted by Crippen LogP contribution is -2.46. The van der Waals surface area contributed by atoms with Crippen LogP contribution in [0.25, 0.3) is 0 Å². The first-order chi connectivity index (χ1) is 7.70. The van der Waals surface area contributed by atoms with E-state index in [1.165, 1.54) is 5.56 Å². The van der Waals surface area contributed by atoms with Gasteiger partial charge >= 0.3 is 0 Å². The van der Waals surface area contributed by atoms with Gasteiger partial charge in [0.25, 0.3) is 0 Å². The van der Waals surface area contributed by atoms with Gasteiger partial charge in [0, 0.05) is 6.54 Å². The molecule has 1 saturated heterocycles. The molecule has 2 unspecified atom stereocenters. The smallest absolute Gasteiger partial charge is 0.0777 e. The molecular weight excluding hydrogens is 198 g/mol. The summed E-state index contributed by atoms with van der Waals surface area (Å²) in [6.07, 6.45) is 2.86. The van der Waals surface area contributed by atoms with Crippen LogP contribution in [0, 0.1) is 0 Å². The number of piperidine rings is 1. The molecule has 1 fully saturated rings. The Bertz CT molecular complexity index is 317. The minimum atomic E-state index is -0.506. The second kappa shape index (κ2) is 4.98. The van der Waals surface area contributed by atoms with Crippen LogP contribution < -0.4 is 5.32 Å². The zero-order valence-electron chi connectivity index (χ0n) is 9.95. The highest BCUT2D eigenvalue weighted by Gasteiger charge is 2.30. The van der Waals surface area contributed by atoms with Gasteiger partial charge in [-0.3, -0.25) is 0 Å². The van der Waals surface area contributed by atoms with Gasteiger partial charge in [0.1, 0.15) is 0 Å². The summed E-state index contributed by atoms with van der Waals surface area (Å²) in [6.45, 7) is 3.98. The predicted molar refractivity (Wildman–Crippen MR) is 66.5 cm³/mol. The quantitative estimate of drug-likeness (QED) is 0.817. The molecule has 0 aliphatic carbocycles. The number of rotatable bonds is 3. The molecule has 2 nitrogen and oxygen atoms in total. The SMILES string of the molecule is CC(CC1(O)CCCNC1)c1ccccc1. The third kappa shape index (κ3) is 2.83. The highest BCUT2D eigenvalue weighted by atomic mass is 16.3. The Morgan fingerprint density at radius 2 is 2.12 bits per heavy atom. The summed E-state index contributed by atoms with van der Waals surface area (Å²) in [4.78, 5) is 0. The largest absolute Gasteiger partial charge is 0.389 e. The average molecular weight is 219 g/mol. The van der Waals surface area contributed by atoms with Crippen LogP contribution in [0.3, 0.4) is 0 Å². The summed E-state index contributed by atoms with van der Waals surface area (Å²) >= 11 is 0. The maximum Gasteiger partial charge on any atom is 0.0777 e. The van der Waals surface area contributed by atoms with Crippen molar-refractivity contribution in [3.8, 4) is 0 Å². The fourth-order valence-corrected chi connectivity index (χ4v) is 2.60. The zero-order chi connectivity index (χ0) is 11.4. The van der Waals surface area contributed by atoms with Crippen molar-refractivity contribution in [3.63, 3.8) is 0 Å². The molecule has 0 amide bonds. The van der Waals surface area contributed by atoms with Crippen molar-refractivity contribution in [2.75, 3.05) is 13.1 Å². The van der Waals surface area contributed by atoms with Gasteiger partial charge in [0.05, 0.1) is 5.60 Å². The van der Waals surface area contributed by atoms with E-state index in [4.69, 9.17) is 0 Å². The van der Waals surface area contributed by atoms with E-state index in [1.807, 2.05) is 6.07 Å². The molecule has 1 aliphatic rings. The van der Waals surface area contributed by atoms with Gasteiger partial charge in [-0.1, -0.05) is 37.3 Å². The van der Waals surface area contributed by atoms with E-state index in [0.29, 0.717) is 5.92 Å². The van der Waals surface area contributed by atoms with E-state index in [1.54, 1.807) is 0 Å². The lowest BCUT2D eigenvalue weighted by Gasteiger charge is -2.34. The van der Waals surface area contributed by atoms with Crippen molar-refractivity contribution in [1.29, 1.82) is 0 Å². The number of nitrogens with one attached hydrogen (secondary N) is 1. The summed E-state index contributed by atoms with van der Waals surface area (Å²) in [5, 5.41) is 13.7. The normalized spacial score (nSPS) is 27.6. The molecule has 1 heterocycles. The van der Waals surface area contributed by atoms with Gasteiger partial charge in [0.15, 0.2) is 0 Å².